The standard InChI is InChI=1S/C24H28N2O6/c1-25(2)13-14-26-20(17-7-6-8-18(31-4)23(17)32-5)19(22(28)24(26)29)21(27)15-9-11-16(30-3)12-10-15/h6-12,20,27H,13-14H2,1-5H3/p+1/b21-19-/t20-/m0/s1. The molecule has 8 nitrogen and oxygen atoms in total. The van der Waals surface area contributed by atoms with Gasteiger partial charge in [0.15, 0.2) is 11.5 Å². The fourth-order valence-electron chi connectivity index (χ4n) is 3.81. The van der Waals surface area contributed by atoms with E-state index in [2.05, 4.69) is 0 Å². The maximum atomic E-state index is 13.1. The Morgan fingerprint density at radius 2 is 1.69 bits per heavy atom. The Kier molecular flexibility index (Phi) is 7.05. The Hall–Kier alpha value is -3.52. The molecule has 1 heterocycles. The first-order valence-corrected chi connectivity index (χ1v) is 10.3. The van der Waals surface area contributed by atoms with Gasteiger partial charge in [0.2, 0.25) is 0 Å². The largest absolute Gasteiger partial charge is 0.507 e. The third-order valence-electron chi connectivity index (χ3n) is 5.48. The van der Waals surface area contributed by atoms with Crippen LogP contribution in [-0.4, -0.2) is 70.2 Å². The maximum absolute atomic E-state index is 13.1. The Labute approximate surface area is 187 Å². The van der Waals surface area contributed by atoms with E-state index in [0.717, 1.165) is 4.90 Å². The van der Waals surface area contributed by atoms with E-state index in [1.807, 2.05) is 14.1 Å². The molecule has 1 atom stereocenters. The lowest BCUT2D eigenvalue weighted by molar-refractivity contribution is -0.857. The van der Waals surface area contributed by atoms with Crippen molar-refractivity contribution in [1.29, 1.82) is 0 Å². The lowest BCUT2D eigenvalue weighted by atomic mass is 9.94. The molecule has 1 saturated heterocycles. The van der Waals surface area contributed by atoms with Crippen LogP contribution in [-0.2, 0) is 9.59 Å². The second-order valence-corrected chi connectivity index (χ2v) is 7.76. The van der Waals surface area contributed by atoms with Gasteiger partial charge in [-0.2, -0.15) is 0 Å². The number of rotatable bonds is 8. The first-order valence-electron chi connectivity index (χ1n) is 10.3. The minimum absolute atomic E-state index is 0.0143. The lowest BCUT2D eigenvalue weighted by Gasteiger charge is -2.27. The van der Waals surface area contributed by atoms with Gasteiger partial charge >= 0.3 is 0 Å². The number of ketones is 1. The predicted octanol–water partition coefficient (Wildman–Crippen LogP) is 1.28. The van der Waals surface area contributed by atoms with Gasteiger partial charge < -0.3 is 29.1 Å². The average molecular weight is 442 g/mol. The number of quaternary nitrogens is 1. The highest BCUT2D eigenvalue weighted by Gasteiger charge is 2.47. The second kappa shape index (κ2) is 9.74. The number of methoxy groups -OCH3 is 3. The van der Waals surface area contributed by atoms with Crippen molar-refractivity contribution in [2.75, 3.05) is 48.5 Å². The van der Waals surface area contributed by atoms with Crippen LogP contribution < -0.4 is 19.1 Å². The van der Waals surface area contributed by atoms with Crippen LogP contribution in [0.1, 0.15) is 17.2 Å². The summed E-state index contributed by atoms with van der Waals surface area (Å²) < 4.78 is 16.2. The summed E-state index contributed by atoms with van der Waals surface area (Å²) in [5, 5.41) is 11.2. The van der Waals surface area contributed by atoms with Crippen LogP contribution in [0.25, 0.3) is 5.76 Å². The fourth-order valence-corrected chi connectivity index (χ4v) is 3.81. The Bertz CT molecular complexity index is 1030. The Morgan fingerprint density at radius 1 is 1.00 bits per heavy atom. The number of para-hydroxylation sites is 1. The fraction of sp³-hybridized carbons (Fsp3) is 0.333. The minimum atomic E-state index is -0.818. The predicted molar refractivity (Wildman–Crippen MR) is 119 cm³/mol. The van der Waals surface area contributed by atoms with Crippen LogP contribution >= 0.6 is 0 Å². The van der Waals surface area contributed by atoms with Gasteiger partial charge in [0, 0.05) is 11.1 Å². The molecule has 1 amide bonds. The molecule has 0 bridgehead atoms. The topological polar surface area (TPSA) is 89.7 Å². The van der Waals surface area contributed by atoms with Gasteiger partial charge in [0.05, 0.1) is 60.1 Å². The summed E-state index contributed by atoms with van der Waals surface area (Å²) >= 11 is 0. The molecule has 0 unspecified atom stereocenters. The van der Waals surface area contributed by atoms with E-state index in [4.69, 9.17) is 14.2 Å². The molecule has 0 spiro atoms. The molecule has 1 fully saturated rings. The second-order valence-electron chi connectivity index (χ2n) is 7.76. The minimum Gasteiger partial charge on any atom is -0.507 e. The maximum Gasteiger partial charge on any atom is 0.295 e. The van der Waals surface area contributed by atoms with Crippen molar-refractivity contribution in [3.8, 4) is 17.2 Å². The van der Waals surface area contributed by atoms with Gasteiger partial charge in [-0.3, -0.25) is 9.59 Å². The number of ether oxygens (including phenoxy) is 3. The van der Waals surface area contributed by atoms with Crippen LogP contribution in [0.5, 0.6) is 17.2 Å². The molecule has 2 N–H and O–H groups in total. The number of hydrogen-bond donors (Lipinski definition) is 2. The molecule has 0 saturated carbocycles. The van der Waals surface area contributed by atoms with Crippen LogP contribution in [0.4, 0.5) is 0 Å². The van der Waals surface area contributed by atoms with Crippen molar-refractivity contribution in [2.45, 2.75) is 6.04 Å². The first-order chi connectivity index (χ1) is 15.3. The normalized spacial score (nSPS) is 17.7. The van der Waals surface area contributed by atoms with Crippen LogP contribution in [0.15, 0.2) is 48.0 Å². The van der Waals surface area contributed by atoms with Gasteiger partial charge in [-0.05, 0) is 30.3 Å². The number of nitrogens with one attached hydrogen (secondary N) is 1. The van der Waals surface area contributed by atoms with Gasteiger partial charge in [-0.15, -0.1) is 0 Å². The third kappa shape index (κ3) is 4.27. The van der Waals surface area contributed by atoms with E-state index >= 15 is 0 Å². The van der Waals surface area contributed by atoms with Crippen molar-refractivity contribution >= 4 is 17.4 Å². The molecule has 0 radical (unpaired) electrons. The number of carbonyl (C=O) groups is 2. The molecule has 170 valence electrons. The van der Waals surface area contributed by atoms with Crippen molar-refractivity contribution in [3.05, 3.63) is 59.2 Å². The van der Waals surface area contributed by atoms with Crippen LogP contribution in [0.3, 0.4) is 0 Å². The number of likely N-dealkylation sites (tertiary alicyclic amines) is 1. The SMILES string of the molecule is COc1ccc(/C(O)=C2/C(=O)C(=O)N(CC[NH+](C)C)[C@H]2c2cccc(OC)c2OC)cc1. The summed E-state index contributed by atoms with van der Waals surface area (Å²) in [6.45, 7) is 0.954. The van der Waals surface area contributed by atoms with E-state index in [1.165, 1.54) is 19.1 Å². The van der Waals surface area contributed by atoms with E-state index in [9.17, 15) is 14.7 Å². The highest BCUT2D eigenvalue weighted by molar-refractivity contribution is 6.46. The molecule has 3 rings (SSSR count). The van der Waals surface area contributed by atoms with Gasteiger partial charge in [0.25, 0.3) is 11.7 Å². The molecule has 2 aromatic carbocycles. The highest BCUT2D eigenvalue weighted by atomic mass is 16.5. The van der Waals surface area contributed by atoms with Crippen molar-refractivity contribution < 1.29 is 33.8 Å². The highest BCUT2D eigenvalue weighted by Crippen LogP contribution is 2.45. The molecular formula is C24H29N2O6+. The monoisotopic (exact) mass is 441 g/mol. The quantitative estimate of drug-likeness (QED) is 0.365. The molecule has 0 aliphatic carbocycles. The summed E-state index contributed by atoms with van der Waals surface area (Å²) in [6.07, 6.45) is 0. The lowest BCUT2D eigenvalue weighted by Crippen LogP contribution is -3.06. The number of amides is 1. The number of Topliss-reactive ketones (excluding diaryl/α,β-unsaturated/α-hetero) is 1. The molecule has 2 aromatic rings. The number of carbonyl (C=O) groups excluding carboxylic acids is 2. The Morgan fingerprint density at radius 3 is 2.25 bits per heavy atom. The van der Waals surface area contributed by atoms with E-state index in [0.29, 0.717) is 41.5 Å². The van der Waals surface area contributed by atoms with Crippen LogP contribution in [0, 0.1) is 0 Å². The summed E-state index contributed by atoms with van der Waals surface area (Å²) in [5.41, 5.74) is 0.990. The van der Waals surface area contributed by atoms with Gasteiger partial charge in [-0.25, -0.2) is 0 Å². The van der Waals surface area contributed by atoms with Gasteiger partial charge in [-0.1, -0.05) is 12.1 Å². The molecular weight excluding hydrogens is 412 g/mol. The summed E-state index contributed by atoms with van der Waals surface area (Å²) in [6, 6.07) is 11.1. The smallest absolute Gasteiger partial charge is 0.295 e. The van der Waals surface area contributed by atoms with Crippen molar-refractivity contribution in [3.63, 3.8) is 0 Å². The number of aliphatic hydroxyl groups is 1. The van der Waals surface area contributed by atoms with Crippen molar-refractivity contribution in [2.24, 2.45) is 0 Å². The summed E-state index contributed by atoms with van der Waals surface area (Å²) in [7, 11) is 8.50. The number of likely N-dealkylation sites (N-methyl/N-ethyl adjacent to an activating group) is 1. The molecule has 0 aromatic heterocycles. The zero-order chi connectivity index (χ0) is 23.4. The molecule has 32 heavy (non-hydrogen) atoms. The van der Waals surface area contributed by atoms with Gasteiger partial charge in [0.1, 0.15) is 11.5 Å². The average Bonchev–Trinajstić information content (AvgIpc) is 3.06. The molecule has 1 aliphatic heterocycles. The van der Waals surface area contributed by atoms with E-state index < -0.39 is 17.7 Å². The first kappa shape index (κ1) is 23.1. The molecule has 8 heteroatoms. The number of nitrogens with zero attached hydrogens (tertiary/aromatic N) is 1. The molecule has 1 aliphatic rings. The van der Waals surface area contributed by atoms with Crippen LogP contribution in [0.2, 0.25) is 0 Å². The summed E-state index contributed by atoms with van der Waals surface area (Å²) in [4.78, 5) is 28.8. The zero-order valence-corrected chi connectivity index (χ0v) is 19.0. The van der Waals surface area contributed by atoms with E-state index in [-0.39, 0.29) is 11.3 Å². The number of benzene rings is 2. The van der Waals surface area contributed by atoms with Crippen molar-refractivity contribution in [1.82, 2.24) is 4.90 Å². The number of hydrogen-bond acceptors (Lipinski definition) is 6. The Balaban J connectivity index is 2.22. The van der Waals surface area contributed by atoms with E-state index in [1.54, 1.807) is 49.6 Å². The zero-order valence-electron chi connectivity index (χ0n) is 19.0. The number of aliphatic hydroxyl groups excluding tert-OH is 1. The summed E-state index contributed by atoms with van der Waals surface area (Å²) in [5.74, 6) is -0.149. The third-order valence-corrected chi connectivity index (χ3v) is 5.48.